The zero-order chi connectivity index (χ0) is 13.8. The lowest BCUT2D eigenvalue weighted by Crippen LogP contribution is -2.33. The van der Waals surface area contributed by atoms with E-state index in [1.54, 1.807) is 6.20 Å². The lowest BCUT2D eigenvalue weighted by molar-refractivity contribution is 0.0761. The molecule has 0 spiro atoms. The van der Waals surface area contributed by atoms with Gasteiger partial charge in [-0.15, -0.1) is 11.3 Å². The quantitative estimate of drug-likeness (QED) is 0.841. The summed E-state index contributed by atoms with van der Waals surface area (Å²) in [5.41, 5.74) is 0.824. The molecule has 19 heavy (non-hydrogen) atoms. The Morgan fingerprint density at radius 2 is 2.26 bits per heavy atom. The highest BCUT2D eigenvalue weighted by atomic mass is 32.1. The van der Waals surface area contributed by atoms with Crippen molar-refractivity contribution in [2.45, 2.75) is 27.3 Å². The minimum Gasteiger partial charge on any atom is -0.336 e. The number of thiazole rings is 1. The van der Waals surface area contributed by atoms with Gasteiger partial charge in [0.1, 0.15) is 4.88 Å². The first-order chi connectivity index (χ1) is 9.11. The maximum Gasteiger partial charge on any atom is 0.265 e. The van der Waals surface area contributed by atoms with E-state index in [1.807, 2.05) is 42.6 Å². The average molecular weight is 278 g/mol. The number of aryl methyl sites for hydroxylation is 2. The van der Waals surface area contributed by atoms with Gasteiger partial charge >= 0.3 is 0 Å². The Morgan fingerprint density at radius 1 is 1.47 bits per heavy atom. The van der Waals surface area contributed by atoms with Crippen molar-refractivity contribution in [3.63, 3.8) is 0 Å². The summed E-state index contributed by atoms with van der Waals surface area (Å²) in [5, 5.41) is 5.08. The number of aromatic nitrogens is 3. The van der Waals surface area contributed by atoms with Crippen molar-refractivity contribution in [3.8, 4) is 0 Å². The number of carbonyl (C=O) groups is 1. The van der Waals surface area contributed by atoms with Crippen molar-refractivity contribution < 1.29 is 4.79 Å². The molecule has 2 rings (SSSR count). The van der Waals surface area contributed by atoms with Gasteiger partial charge in [0.05, 0.1) is 17.2 Å². The van der Waals surface area contributed by atoms with Crippen LogP contribution >= 0.6 is 11.3 Å². The molecule has 0 saturated carbocycles. The molecule has 0 radical (unpaired) electrons. The third kappa shape index (κ3) is 3.20. The van der Waals surface area contributed by atoms with Gasteiger partial charge in [-0.1, -0.05) is 0 Å². The Hall–Kier alpha value is -1.69. The molecule has 1 amide bonds. The number of carbonyl (C=O) groups excluding carboxylic acids is 1. The third-order valence-electron chi connectivity index (χ3n) is 2.92. The highest BCUT2D eigenvalue weighted by Crippen LogP contribution is 2.19. The Bertz CT molecular complexity index is 547. The maximum atomic E-state index is 12.4. The molecule has 0 aliphatic carbocycles. The van der Waals surface area contributed by atoms with Crippen molar-refractivity contribution in [2.75, 3.05) is 13.1 Å². The fraction of sp³-hybridized carbons (Fsp3) is 0.462. The first-order valence-electron chi connectivity index (χ1n) is 6.32. The second-order valence-corrected chi connectivity index (χ2v) is 5.50. The lowest BCUT2D eigenvalue weighted by Gasteiger charge is -2.20. The van der Waals surface area contributed by atoms with E-state index in [1.165, 1.54) is 11.3 Å². The van der Waals surface area contributed by atoms with Gasteiger partial charge in [0.2, 0.25) is 0 Å². The molecule has 6 heteroatoms. The van der Waals surface area contributed by atoms with E-state index in [-0.39, 0.29) is 5.91 Å². The molecule has 0 aromatic carbocycles. The molecule has 0 aliphatic rings. The highest BCUT2D eigenvalue weighted by Gasteiger charge is 2.19. The van der Waals surface area contributed by atoms with Crippen LogP contribution in [0.1, 0.15) is 27.3 Å². The molecule has 2 heterocycles. The Morgan fingerprint density at radius 3 is 2.79 bits per heavy atom. The highest BCUT2D eigenvalue weighted by molar-refractivity contribution is 7.13. The summed E-state index contributed by atoms with van der Waals surface area (Å²) in [6.07, 6.45) is 3.65. The first-order valence-corrected chi connectivity index (χ1v) is 7.14. The summed E-state index contributed by atoms with van der Waals surface area (Å²) < 4.78 is 1.83. The van der Waals surface area contributed by atoms with Crippen molar-refractivity contribution in [1.82, 2.24) is 19.7 Å². The Labute approximate surface area is 116 Å². The largest absolute Gasteiger partial charge is 0.336 e. The van der Waals surface area contributed by atoms with Gasteiger partial charge in [0.15, 0.2) is 0 Å². The van der Waals surface area contributed by atoms with Crippen molar-refractivity contribution in [1.29, 1.82) is 0 Å². The van der Waals surface area contributed by atoms with Crippen molar-refractivity contribution in [2.24, 2.45) is 0 Å². The molecule has 0 N–H and O–H groups in total. The zero-order valence-corrected chi connectivity index (χ0v) is 12.3. The lowest BCUT2D eigenvalue weighted by atomic mass is 10.3. The Kier molecular flexibility index (Phi) is 4.31. The molecule has 0 bridgehead atoms. The van der Waals surface area contributed by atoms with Gasteiger partial charge in [-0.3, -0.25) is 9.48 Å². The first kappa shape index (κ1) is 13.7. The smallest absolute Gasteiger partial charge is 0.265 e. The summed E-state index contributed by atoms with van der Waals surface area (Å²) in [4.78, 5) is 19.3. The number of hydrogen-bond donors (Lipinski definition) is 0. The SMILES string of the molecule is CCN(CCn1cccn1)C(=O)c1sc(C)nc1C. The predicted molar refractivity (Wildman–Crippen MR) is 75.4 cm³/mol. The molecule has 0 fully saturated rings. The topological polar surface area (TPSA) is 51.0 Å². The molecule has 102 valence electrons. The summed E-state index contributed by atoms with van der Waals surface area (Å²) in [7, 11) is 0. The second kappa shape index (κ2) is 5.97. The van der Waals surface area contributed by atoms with E-state index in [0.29, 0.717) is 19.6 Å². The van der Waals surface area contributed by atoms with Gasteiger partial charge < -0.3 is 4.90 Å². The minimum absolute atomic E-state index is 0.0674. The van der Waals surface area contributed by atoms with Crippen LogP contribution in [-0.4, -0.2) is 38.7 Å². The van der Waals surface area contributed by atoms with E-state index in [0.717, 1.165) is 15.6 Å². The molecule has 2 aromatic heterocycles. The molecule has 5 nitrogen and oxygen atoms in total. The molecular formula is C13H18N4OS. The van der Waals surface area contributed by atoms with Crippen LogP contribution < -0.4 is 0 Å². The van der Waals surface area contributed by atoms with Crippen molar-refractivity contribution in [3.05, 3.63) is 34.0 Å². The van der Waals surface area contributed by atoms with E-state index >= 15 is 0 Å². The third-order valence-corrected chi connectivity index (χ3v) is 3.99. The summed E-state index contributed by atoms with van der Waals surface area (Å²) in [6, 6.07) is 1.88. The standard InChI is InChI=1S/C13H18N4OS/c1-4-16(8-9-17-7-5-6-14-17)13(18)12-10(2)15-11(3)19-12/h5-7H,4,8-9H2,1-3H3. The molecule has 2 aromatic rings. The van der Waals surface area contributed by atoms with Gasteiger partial charge in [0.25, 0.3) is 5.91 Å². The van der Waals surface area contributed by atoms with Crippen LogP contribution in [0.2, 0.25) is 0 Å². The van der Waals surface area contributed by atoms with Gasteiger partial charge in [-0.05, 0) is 26.8 Å². The van der Waals surface area contributed by atoms with E-state index < -0.39 is 0 Å². The molecule has 0 unspecified atom stereocenters. The fourth-order valence-electron chi connectivity index (χ4n) is 1.93. The van der Waals surface area contributed by atoms with E-state index in [4.69, 9.17) is 0 Å². The molecular weight excluding hydrogens is 260 g/mol. The molecule has 0 saturated heterocycles. The monoisotopic (exact) mass is 278 g/mol. The molecule has 0 aliphatic heterocycles. The van der Waals surface area contributed by atoms with E-state index in [9.17, 15) is 4.79 Å². The predicted octanol–water partition coefficient (Wildman–Crippen LogP) is 2.12. The van der Waals surface area contributed by atoms with Crippen LogP contribution in [0.4, 0.5) is 0 Å². The summed E-state index contributed by atoms with van der Waals surface area (Å²) >= 11 is 1.46. The second-order valence-electron chi connectivity index (χ2n) is 4.30. The minimum atomic E-state index is 0.0674. The van der Waals surface area contributed by atoms with Gasteiger partial charge in [-0.25, -0.2) is 4.98 Å². The number of amides is 1. The van der Waals surface area contributed by atoms with E-state index in [2.05, 4.69) is 10.1 Å². The summed E-state index contributed by atoms with van der Waals surface area (Å²) in [5.74, 6) is 0.0674. The van der Waals surface area contributed by atoms with Crippen LogP contribution in [0, 0.1) is 13.8 Å². The summed E-state index contributed by atoms with van der Waals surface area (Å²) in [6.45, 7) is 7.87. The Balaban J connectivity index is 2.04. The van der Waals surface area contributed by atoms with Gasteiger partial charge in [-0.2, -0.15) is 5.10 Å². The number of hydrogen-bond acceptors (Lipinski definition) is 4. The van der Waals surface area contributed by atoms with Gasteiger partial charge in [0, 0.05) is 25.5 Å². The average Bonchev–Trinajstić information content (AvgIpc) is 2.99. The van der Waals surface area contributed by atoms with Crippen LogP contribution in [0.3, 0.4) is 0 Å². The van der Waals surface area contributed by atoms with Crippen LogP contribution in [0.5, 0.6) is 0 Å². The van der Waals surface area contributed by atoms with Crippen molar-refractivity contribution >= 4 is 17.2 Å². The fourth-order valence-corrected chi connectivity index (χ4v) is 2.82. The normalized spacial score (nSPS) is 10.7. The zero-order valence-electron chi connectivity index (χ0n) is 11.5. The van der Waals surface area contributed by atoms with Crippen LogP contribution in [0.15, 0.2) is 18.5 Å². The number of likely N-dealkylation sites (N-methyl/N-ethyl adjacent to an activating group) is 1. The number of nitrogens with zero attached hydrogens (tertiary/aromatic N) is 4. The number of rotatable bonds is 5. The maximum absolute atomic E-state index is 12.4. The molecule has 0 atom stereocenters. The van der Waals surface area contributed by atoms with Crippen LogP contribution in [-0.2, 0) is 6.54 Å². The van der Waals surface area contributed by atoms with Crippen LogP contribution in [0.25, 0.3) is 0 Å².